The minimum Gasteiger partial charge on any atom is -0.354 e. The zero-order valence-electron chi connectivity index (χ0n) is 16.5. The number of hydrogen-bond acceptors (Lipinski definition) is 7. The van der Waals surface area contributed by atoms with Gasteiger partial charge in [-0.3, -0.25) is 0 Å². The van der Waals surface area contributed by atoms with E-state index in [-0.39, 0.29) is 0 Å². The molecule has 2 aliphatic rings. The summed E-state index contributed by atoms with van der Waals surface area (Å²) in [6, 6.07) is 5.65. The molecule has 0 aromatic carbocycles. The summed E-state index contributed by atoms with van der Waals surface area (Å²) >= 11 is 1.38. The van der Waals surface area contributed by atoms with E-state index in [2.05, 4.69) is 14.8 Å². The Hall–Kier alpha value is -1.71. The minimum atomic E-state index is -3.40. The normalized spacial score (nSPS) is 18.8. The number of anilines is 2. The third-order valence-electron chi connectivity index (χ3n) is 5.36. The summed E-state index contributed by atoms with van der Waals surface area (Å²) in [5.74, 6) is 1.70. The van der Waals surface area contributed by atoms with Crippen molar-refractivity contribution in [3.8, 4) is 0 Å². The van der Waals surface area contributed by atoms with E-state index in [1.54, 1.807) is 10.4 Å². The Bertz CT molecular complexity index is 930. The van der Waals surface area contributed by atoms with Crippen LogP contribution in [0.4, 0.5) is 11.8 Å². The average molecular weight is 422 g/mol. The van der Waals surface area contributed by atoms with Crippen molar-refractivity contribution in [1.29, 1.82) is 0 Å². The summed E-state index contributed by atoms with van der Waals surface area (Å²) in [6.45, 7) is 8.29. The van der Waals surface area contributed by atoms with Crippen LogP contribution in [0.25, 0.3) is 0 Å². The van der Waals surface area contributed by atoms with Crippen LogP contribution < -0.4 is 9.80 Å². The number of rotatable bonds is 5. The molecule has 2 aromatic heterocycles. The molecule has 0 N–H and O–H groups in total. The second-order valence-electron chi connectivity index (χ2n) is 7.33. The Morgan fingerprint density at radius 2 is 1.71 bits per heavy atom. The fourth-order valence-electron chi connectivity index (χ4n) is 3.73. The van der Waals surface area contributed by atoms with Gasteiger partial charge in [0.2, 0.25) is 5.95 Å². The van der Waals surface area contributed by atoms with Gasteiger partial charge in [0.1, 0.15) is 10.0 Å². The number of thiophene rings is 1. The zero-order valence-corrected chi connectivity index (χ0v) is 18.1. The predicted molar refractivity (Wildman–Crippen MR) is 113 cm³/mol. The smallest absolute Gasteiger partial charge is 0.252 e. The van der Waals surface area contributed by atoms with Crippen molar-refractivity contribution in [2.24, 2.45) is 0 Å². The summed E-state index contributed by atoms with van der Waals surface area (Å²) < 4.78 is 27.9. The molecule has 2 saturated heterocycles. The SMILES string of the molecule is CCc1ccc(S(=O)(=O)N2CCN(c3cc(C)nc(N4CCCC4)n3)CC2)s1. The third kappa shape index (κ3) is 3.88. The summed E-state index contributed by atoms with van der Waals surface area (Å²) in [6.07, 6.45) is 3.23. The highest BCUT2D eigenvalue weighted by molar-refractivity contribution is 7.91. The molecule has 0 atom stereocenters. The third-order valence-corrected chi connectivity index (χ3v) is 8.96. The fraction of sp³-hybridized carbons (Fsp3) is 0.579. The zero-order chi connectivity index (χ0) is 19.7. The lowest BCUT2D eigenvalue weighted by molar-refractivity contribution is 0.384. The van der Waals surface area contributed by atoms with Crippen LogP contribution in [0.3, 0.4) is 0 Å². The molecule has 0 radical (unpaired) electrons. The Morgan fingerprint density at radius 1 is 1.00 bits per heavy atom. The van der Waals surface area contributed by atoms with Crippen LogP contribution in [0, 0.1) is 6.92 Å². The topological polar surface area (TPSA) is 69.6 Å². The van der Waals surface area contributed by atoms with Gasteiger partial charge in [0.05, 0.1) is 0 Å². The van der Waals surface area contributed by atoms with Gasteiger partial charge in [0, 0.05) is 55.9 Å². The Labute approximate surface area is 171 Å². The van der Waals surface area contributed by atoms with Gasteiger partial charge in [-0.2, -0.15) is 9.29 Å². The number of nitrogens with zero attached hydrogens (tertiary/aromatic N) is 5. The lowest BCUT2D eigenvalue weighted by Gasteiger charge is -2.34. The number of aromatic nitrogens is 2. The van der Waals surface area contributed by atoms with Gasteiger partial charge in [-0.15, -0.1) is 11.3 Å². The summed E-state index contributed by atoms with van der Waals surface area (Å²) in [5.41, 5.74) is 0.952. The van der Waals surface area contributed by atoms with Gasteiger partial charge in [-0.25, -0.2) is 13.4 Å². The number of hydrogen-bond donors (Lipinski definition) is 0. The van der Waals surface area contributed by atoms with Gasteiger partial charge in [0.25, 0.3) is 10.0 Å². The lowest BCUT2D eigenvalue weighted by Crippen LogP contribution is -2.48. The second kappa shape index (κ2) is 7.96. The van der Waals surface area contributed by atoms with Crippen molar-refractivity contribution in [2.75, 3.05) is 49.1 Å². The molecule has 0 amide bonds. The van der Waals surface area contributed by atoms with Gasteiger partial charge in [0.15, 0.2) is 0 Å². The van der Waals surface area contributed by atoms with Crippen molar-refractivity contribution in [3.05, 3.63) is 28.8 Å². The molecule has 28 heavy (non-hydrogen) atoms. The predicted octanol–water partition coefficient (Wildman–Crippen LogP) is 2.52. The van der Waals surface area contributed by atoms with Crippen LogP contribution in [0.15, 0.2) is 22.4 Å². The molecule has 0 saturated carbocycles. The summed E-state index contributed by atoms with van der Waals surface area (Å²) in [4.78, 5) is 14.9. The lowest BCUT2D eigenvalue weighted by atomic mass is 10.3. The van der Waals surface area contributed by atoms with Gasteiger partial charge >= 0.3 is 0 Å². The molecule has 2 fully saturated rings. The van der Waals surface area contributed by atoms with E-state index in [1.165, 1.54) is 24.2 Å². The van der Waals surface area contributed by atoms with Crippen LogP contribution in [-0.4, -0.2) is 62.0 Å². The first-order valence-corrected chi connectivity index (χ1v) is 12.2. The van der Waals surface area contributed by atoms with Crippen molar-refractivity contribution in [2.45, 2.75) is 37.3 Å². The van der Waals surface area contributed by atoms with Crippen LogP contribution in [0.5, 0.6) is 0 Å². The summed E-state index contributed by atoms with van der Waals surface area (Å²) in [5, 5.41) is 0. The molecule has 2 aromatic rings. The monoisotopic (exact) mass is 421 g/mol. The molecule has 2 aliphatic heterocycles. The number of sulfonamides is 1. The molecule has 0 aliphatic carbocycles. The van der Waals surface area contributed by atoms with Gasteiger partial charge in [-0.1, -0.05) is 6.92 Å². The van der Waals surface area contributed by atoms with Crippen LogP contribution >= 0.6 is 11.3 Å². The first-order valence-electron chi connectivity index (χ1n) is 9.92. The van der Waals surface area contributed by atoms with E-state index >= 15 is 0 Å². The summed E-state index contributed by atoms with van der Waals surface area (Å²) in [7, 11) is -3.40. The van der Waals surface area contributed by atoms with E-state index in [1.807, 2.05) is 26.0 Å². The number of piperazine rings is 1. The first kappa shape index (κ1) is 19.6. The Morgan fingerprint density at radius 3 is 2.36 bits per heavy atom. The maximum Gasteiger partial charge on any atom is 0.252 e. The molecule has 7 nitrogen and oxygen atoms in total. The van der Waals surface area contributed by atoms with Crippen molar-refractivity contribution in [1.82, 2.24) is 14.3 Å². The fourth-order valence-corrected chi connectivity index (χ4v) is 6.60. The molecule has 0 bridgehead atoms. The van der Waals surface area contributed by atoms with Crippen LogP contribution in [0.1, 0.15) is 30.3 Å². The molecule has 9 heteroatoms. The highest BCUT2D eigenvalue weighted by Crippen LogP contribution is 2.27. The van der Waals surface area contributed by atoms with Gasteiger partial charge < -0.3 is 9.80 Å². The van der Waals surface area contributed by atoms with Crippen molar-refractivity contribution in [3.63, 3.8) is 0 Å². The van der Waals surface area contributed by atoms with Crippen LogP contribution in [0.2, 0.25) is 0 Å². The highest BCUT2D eigenvalue weighted by atomic mass is 32.2. The molecule has 152 valence electrons. The Balaban J connectivity index is 1.47. The molecular weight excluding hydrogens is 394 g/mol. The standard InChI is InChI=1S/C19H27N5O2S2/c1-3-16-6-7-18(27-16)28(25,26)24-12-10-22(11-13-24)17-14-15(2)20-19(21-17)23-8-4-5-9-23/h6-7,14H,3-5,8-13H2,1-2H3. The molecule has 4 rings (SSSR count). The highest BCUT2D eigenvalue weighted by Gasteiger charge is 2.30. The molecule has 4 heterocycles. The first-order chi connectivity index (χ1) is 13.5. The second-order valence-corrected chi connectivity index (χ2v) is 10.7. The molecular formula is C19H27N5O2S2. The Kier molecular flexibility index (Phi) is 5.57. The number of aryl methyl sites for hydroxylation is 2. The average Bonchev–Trinajstić information content (AvgIpc) is 3.39. The maximum atomic E-state index is 12.9. The van der Waals surface area contributed by atoms with Gasteiger partial charge in [-0.05, 0) is 38.3 Å². The maximum absolute atomic E-state index is 12.9. The van der Waals surface area contributed by atoms with Crippen molar-refractivity contribution < 1.29 is 8.42 Å². The minimum absolute atomic E-state index is 0.451. The molecule has 0 unspecified atom stereocenters. The van der Waals surface area contributed by atoms with E-state index in [4.69, 9.17) is 4.98 Å². The van der Waals surface area contributed by atoms with E-state index in [0.29, 0.717) is 30.4 Å². The largest absolute Gasteiger partial charge is 0.354 e. The van der Waals surface area contributed by atoms with Crippen LogP contribution in [-0.2, 0) is 16.4 Å². The van der Waals surface area contributed by atoms with E-state index < -0.39 is 10.0 Å². The van der Waals surface area contributed by atoms with E-state index in [9.17, 15) is 8.42 Å². The van der Waals surface area contributed by atoms with E-state index in [0.717, 1.165) is 41.8 Å². The molecule has 0 spiro atoms. The quantitative estimate of drug-likeness (QED) is 0.739. The van der Waals surface area contributed by atoms with Crippen molar-refractivity contribution >= 4 is 33.1 Å².